The van der Waals surface area contributed by atoms with Crippen LogP contribution in [0.1, 0.15) is 5.69 Å². The van der Waals surface area contributed by atoms with Gasteiger partial charge in [0, 0.05) is 19.8 Å². The van der Waals surface area contributed by atoms with Crippen LogP contribution in [0.2, 0.25) is 0 Å². The van der Waals surface area contributed by atoms with Crippen molar-refractivity contribution >= 4 is 37.6 Å². The summed E-state index contributed by atoms with van der Waals surface area (Å²) in [5, 5.41) is 0.814. The van der Waals surface area contributed by atoms with E-state index in [-0.39, 0.29) is 5.56 Å². The molecule has 120 valence electrons. The fraction of sp³-hybridized carbons (Fsp3) is 0.188. The largest absolute Gasteiger partial charge is 0.362 e. The van der Waals surface area contributed by atoms with E-state index in [4.69, 9.17) is 0 Å². The number of hydrogen-bond acceptors (Lipinski definition) is 7. The first-order valence-electron chi connectivity index (χ1n) is 7.31. The number of nitrogens with zero attached hydrogens (tertiary/aromatic N) is 6. The van der Waals surface area contributed by atoms with Gasteiger partial charge in [-0.25, -0.2) is 15.0 Å². The first kappa shape index (κ1) is 14.7. The van der Waals surface area contributed by atoms with Gasteiger partial charge in [-0.3, -0.25) is 14.3 Å². The lowest BCUT2D eigenvalue weighted by molar-refractivity contribution is 0.952. The van der Waals surface area contributed by atoms with Crippen LogP contribution in [0.25, 0.3) is 26.1 Å². The summed E-state index contributed by atoms with van der Waals surface area (Å²) in [4.78, 5) is 32.9. The van der Waals surface area contributed by atoms with Crippen molar-refractivity contribution in [2.24, 2.45) is 0 Å². The average molecular weight is 338 g/mol. The van der Waals surface area contributed by atoms with Crippen molar-refractivity contribution < 1.29 is 0 Å². The van der Waals surface area contributed by atoms with E-state index in [1.165, 1.54) is 28.6 Å². The Morgan fingerprint density at radius 1 is 1.12 bits per heavy atom. The third-order valence-electron chi connectivity index (χ3n) is 3.76. The Labute approximate surface area is 141 Å². The Bertz CT molecular complexity index is 1110. The Kier molecular flexibility index (Phi) is 3.27. The van der Waals surface area contributed by atoms with Gasteiger partial charge in [0.2, 0.25) is 0 Å². The fourth-order valence-corrected chi connectivity index (χ4v) is 3.60. The van der Waals surface area contributed by atoms with Crippen molar-refractivity contribution in [2.45, 2.75) is 6.92 Å². The van der Waals surface area contributed by atoms with E-state index in [0.717, 1.165) is 21.7 Å². The van der Waals surface area contributed by atoms with Crippen LogP contribution in [0.15, 0.2) is 35.8 Å². The van der Waals surface area contributed by atoms with Crippen LogP contribution in [-0.2, 0) is 0 Å². The van der Waals surface area contributed by atoms with Gasteiger partial charge in [-0.1, -0.05) is 0 Å². The van der Waals surface area contributed by atoms with Gasteiger partial charge in [0.25, 0.3) is 5.56 Å². The predicted molar refractivity (Wildman–Crippen MR) is 95.2 cm³/mol. The summed E-state index contributed by atoms with van der Waals surface area (Å²) in [6.45, 7) is 1.90. The fourth-order valence-electron chi connectivity index (χ4n) is 2.57. The molecule has 0 spiro atoms. The van der Waals surface area contributed by atoms with Gasteiger partial charge in [0.05, 0.1) is 17.3 Å². The number of thiophene rings is 1. The standard InChI is InChI=1S/C16H14N6OS/c1-9-4-5-10(6-17-9)22-8-20-12-11-14(21(2)3)18-7-19-15(11)24-13(12)16(22)23/h4-8H,1-3H3. The SMILES string of the molecule is Cc1ccc(-n2cnc3c(sc4ncnc(N(C)C)c43)c2=O)cn1. The topological polar surface area (TPSA) is 76.8 Å². The minimum Gasteiger partial charge on any atom is -0.362 e. The summed E-state index contributed by atoms with van der Waals surface area (Å²) < 4.78 is 2.07. The zero-order valence-corrected chi connectivity index (χ0v) is 14.2. The van der Waals surface area contributed by atoms with Crippen molar-refractivity contribution in [2.75, 3.05) is 19.0 Å². The number of aryl methyl sites for hydroxylation is 1. The minimum atomic E-state index is -0.127. The summed E-state index contributed by atoms with van der Waals surface area (Å²) in [7, 11) is 3.81. The molecule has 0 aliphatic rings. The van der Waals surface area contributed by atoms with Crippen LogP contribution < -0.4 is 10.5 Å². The van der Waals surface area contributed by atoms with Crippen molar-refractivity contribution in [3.05, 3.63) is 47.0 Å². The normalized spacial score (nSPS) is 11.3. The van der Waals surface area contributed by atoms with Crippen LogP contribution in [0, 0.1) is 6.92 Å². The van der Waals surface area contributed by atoms with Crippen molar-refractivity contribution in [3.8, 4) is 5.69 Å². The number of fused-ring (bicyclic) bond motifs is 3. The molecule has 0 aromatic carbocycles. The van der Waals surface area contributed by atoms with E-state index in [2.05, 4.69) is 19.9 Å². The highest BCUT2D eigenvalue weighted by Gasteiger charge is 2.17. The number of anilines is 1. The van der Waals surface area contributed by atoms with Gasteiger partial charge in [-0.15, -0.1) is 11.3 Å². The van der Waals surface area contributed by atoms with Crippen LogP contribution in [0.5, 0.6) is 0 Å². The highest BCUT2D eigenvalue weighted by Crippen LogP contribution is 2.33. The second-order valence-electron chi connectivity index (χ2n) is 5.63. The maximum absolute atomic E-state index is 12.9. The molecule has 0 saturated heterocycles. The van der Waals surface area contributed by atoms with Gasteiger partial charge in [-0.05, 0) is 19.1 Å². The van der Waals surface area contributed by atoms with E-state index in [1.807, 2.05) is 38.1 Å². The molecule has 8 heteroatoms. The van der Waals surface area contributed by atoms with E-state index in [1.54, 1.807) is 6.20 Å². The number of pyridine rings is 1. The molecule has 0 radical (unpaired) electrons. The van der Waals surface area contributed by atoms with Crippen molar-refractivity contribution in [1.29, 1.82) is 0 Å². The molecule has 0 amide bonds. The monoisotopic (exact) mass is 338 g/mol. The first-order valence-corrected chi connectivity index (χ1v) is 8.13. The molecule has 0 atom stereocenters. The molecule has 0 unspecified atom stereocenters. The Balaban J connectivity index is 2.04. The van der Waals surface area contributed by atoms with E-state index >= 15 is 0 Å². The molecular weight excluding hydrogens is 324 g/mol. The average Bonchev–Trinajstić information content (AvgIpc) is 2.96. The molecule has 4 rings (SSSR count). The summed E-state index contributed by atoms with van der Waals surface area (Å²) in [6, 6.07) is 3.72. The number of hydrogen-bond donors (Lipinski definition) is 0. The molecule has 0 fully saturated rings. The van der Waals surface area contributed by atoms with Gasteiger partial charge in [-0.2, -0.15) is 0 Å². The Hall–Kier alpha value is -2.87. The van der Waals surface area contributed by atoms with Gasteiger partial charge < -0.3 is 4.90 Å². The maximum atomic E-state index is 12.9. The minimum absolute atomic E-state index is 0.127. The van der Waals surface area contributed by atoms with E-state index < -0.39 is 0 Å². The molecule has 24 heavy (non-hydrogen) atoms. The van der Waals surface area contributed by atoms with Crippen LogP contribution in [-0.4, -0.2) is 38.6 Å². The zero-order chi connectivity index (χ0) is 16.8. The van der Waals surface area contributed by atoms with Gasteiger partial charge in [0.1, 0.15) is 33.5 Å². The highest BCUT2D eigenvalue weighted by molar-refractivity contribution is 7.25. The molecule has 4 aromatic rings. The molecule has 0 saturated carbocycles. The predicted octanol–water partition coefficient (Wildman–Crippen LogP) is 2.16. The summed E-state index contributed by atoms with van der Waals surface area (Å²) in [5.41, 5.74) is 2.10. The second-order valence-corrected chi connectivity index (χ2v) is 6.63. The zero-order valence-electron chi connectivity index (χ0n) is 13.4. The van der Waals surface area contributed by atoms with Crippen LogP contribution in [0.4, 0.5) is 5.82 Å². The van der Waals surface area contributed by atoms with Gasteiger partial charge >= 0.3 is 0 Å². The molecule has 0 bridgehead atoms. The lowest BCUT2D eigenvalue weighted by Crippen LogP contribution is -2.18. The number of aromatic nitrogens is 5. The molecule has 0 aliphatic carbocycles. The second kappa shape index (κ2) is 5.34. The molecule has 7 nitrogen and oxygen atoms in total. The van der Waals surface area contributed by atoms with Crippen LogP contribution in [0.3, 0.4) is 0 Å². The quantitative estimate of drug-likeness (QED) is 0.557. The smallest absolute Gasteiger partial charge is 0.276 e. The summed E-state index contributed by atoms with van der Waals surface area (Å²) in [6.07, 6.45) is 4.72. The van der Waals surface area contributed by atoms with E-state index in [0.29, 0.717) is 15.9 Å². The molecule has 0 N–H and O–H groups in total. The Morgan fingerprint density at radius 2 is 1.96 bits per heavy atom. The Morgan fingerprint density at radius 3 is 2.67 bits per heavy atom. The van der Waals surface area contributed by atoms with Gasteiger partial charge in [0.15, 0.2) is 0 Å². The van der Waals surface area contributed by atoms with E-state index in [9.17, 15) is 4.79 Å². The maximum Gasteiger partial charge on any atom is 0.276 e. The molecule has 4 aromatic heterocycles. The molecular formula is C16H14N6OS. The summed E-state index contributed by atoms with van der Waals surface area (Å²) in [5.74, 6) is 0.757. The lowest BCUT2D eigenvalue weighted by atomic mass is 10.3. The molecule has 4 heterocycles. The van der Waals surface area contributed by atoms with Crippen molar-refractivity contribution in [3.63, 3.8) is 0 Å². The first-order chi connectivity index (χ1) is 11.6. The third kappa shape index (κ3) is 2.15. The lowest BCUT2D eigenvalue weighted by Gasteiger charge is -2.11. The molecule has 0 aliphatic heterocycles. The number of rotatable bonds is 2. The third-order valence-corrected chi connectivity index (χ3v) is 4.83. The van der Waals surface area contributed by atoms with Crippen LogP contribution >= 0.6 is 11.3 Å². The summed E-state index contributed by atoms with van der Waals surface area (Å²) >= 11 is 1.34. The highest BCUT2D eigenvalue weighted by atomic mass is 32.1. The van der Waals surface area contributed by atoms with Crippen molar-refractivity contribution in [1.82, 2.24) is 24.5 Å².